The van der Waals surface area contributed by atoms with Gasteiger partial charge in [0.25, 0.3) is 11.2 Å². The summed E-state index contributed by atoms with van der Waals surface area (Å²) in [7, 11) is 1.48. The molecule has 3 amide bonds. The molecule has 0 aliphatic heterocycles. The van der Waals surface area contributed by atoms with Gasteiger partial charge in [0.1, 0.15) is 17.2 Å². The number of nitrogens with zero attached hydrogens (tertiary/aromatic N) is 3. The number of amides is 3. The number of urea groups is 1. The highest BCUT2D eigenvalue weighted by atomic mass is 32.1. The number of rotatable bonds is 6. The molecule has 2 heterocycles. The normalized spacial score (nSPS) is 11.1. The minimum Gasteiger partial charge on any atom is -0.457 e. The van der Waals surface area contributed by atoms with Crippen LogP contribution in [0.1, 0.15) is 16.1 Å². The van der Waals surface area contributed by atoms with Crippen molar-refractivity contribution >= 4 is 34.8 Å². The molecule has 0 saturated heterocycles. The van der Waals surface area contributed by atoms with Gasteiger partial charge in [-0.25, -0.2) is 4.79 Å². The highest BCUT2D eigenvalue weighted by Crippen LogP contribution is 2.38. The van der Waals surface area contributed by atoms with Crippen LogP contribution in [-0.4, -0.2) is 33.3 Å². The van der Waals surface area contributed by atoms with Crippen LogP contribution in [0.15, 0.2) is 60.8 Å². The molecule has 0 bridgehead atoms. The molecule has 0 unspecified atom stereocenters. The first-order valence-electron chi connectivity index (χ1n) is 10.4. The van der Waals surface area contributed by atoms with Crippen LogP contribution in [0.3, 0.4) is 0 Å². The van der Waals surface area contributed by atoms with Gasteiger partial charge >= 0.3 is 12.2 Å². The van der Waals surface area contributed by atoms with Gasteiger partial charge in [0.2, 0.25) is 0 Å². The smallest absolute Gasteiger partial charge is 0.417 e. The van der Waals surface area contributed by atoms with Crippen LogP contribution < -0.4 is 20.7 Å². The van der Waals surface area contributed by atoms with Gasteiger partial charge in [-0.2, -0.15) is 26.9 Å². The van der Waals surface area contributed by atoms with Gasteiger partial charge in [-0.3, -0.25) is 9.78 Å². The maximum Gasteiger partial charge on any atom is 0.417 e. The highest BCUT2D eigenvalue weighted by Gasteiger charge is 2.35. The third kappa shape index (κ3) is 6.35. The van der Waals surface area contributed by atoms with Crippen LogP contribution in [0.25, 0.3) is 11.4 Å². The van der Waals surface area contributed by atoms with Crippen LogP contribution >= 0.6 is 11.5 Å². The zero-order chi connectivity index (χ0) is 26.6. The van der Waals surface area contributed by atoms with Crippen molar-refractivity contribution in [3.8, 4) is 22.9 Å². The zero-order valence-corrected chi connectivity index (χ0v) is 19.6. The topological polar surface area (TPSA) is 118 Å². The van der Waals surface area contributed by atoms with Crippen molar-refractivity contribution < 1.29 is 31.9 Å². The lowest BCUT2D eigenvalue weighted by atomic mass is 10.1. The molecular weight excluding hydrogens is 516 g/mol. The number of carbonyl (C=O) groups excluding carboxylic acids is 2. The SMILES string of the molecule is CNC(=O)c1cc(Oc2ccc(NC(=O)Nc3ccc(-c4nsc(F)n4)c(C(F)(F)F)c3)cc2)ccn1. The Balaban J connectivity index is 1.42. The Labute approximate surface area is 210 Å². The fourth-order valence-electron chi connectivity index (χ4n) is 3.13. The van der Waals surface area contributed by atoms with E-state index in [2.05, 4.69) is 30.3 Å². The lowest BCUT2D eigenvalue weighted by molar-refractivity contribution is -0.137. The Morgan fingerprint density at radius 2 is 1.65 bits per heavy atom. The predicted octanol–water partition coefficient (Wildman–Crippen LogP) is 5.55. The quantitative estimate of drug-likeness (QED) is 0.280. The second-order valence-electron chi connectivity index (χ2n) is 7.29. The average molecular weight is 532 g/mol. The standard InChI is InChI=1S/C23H16F4N6O3S/c1-28-20(34)18-11-15(8-9-29-18)36-14-5-2-12(3-6-14)30-22(35)31-13-4-7-16(17(10-13)23(25,26)27)19-32-21(24)37-33-19/h2-11H,1H3,(H,28,34)(H2,30,31,35). The number of carbonyl (C=O) groups is 2. The second kappa shape index (κ2) is 10.6. The molecule has 0 atom stereocenters. The number of halogens is 4. The zero-order valence-electron chi connectivity index (χ0n) is 18.8. The Morgan fingerprint density at radius 1 is 0.946 bits per heavy atom. The van der Waals surface area contributed by atoms with E-state index in [1.807, 2.05) is 0 Å². The van der Waals surface area contributed by atoms with E-state index >= 15 is 0 Å². The van der Waals surface area contributed by atoms with Crippen LogP contribution in [0.2, 0.25) is 0 Å². The maximum atomic E-state index is 13.6. The summed E-state index contributed by atoms with van der Waals surface area (Å²) in [6, 6.07) is 11.3. The second-order valence-corrected chi connectivity index (χ2v) is 7.99. The van der Waals surface area contributed by atoms with Gasteiger partial charge in [-0.15, -0.1) is 0 Å². The number of pyridine rings is 1. The molecule has 37 heavy (non-hydrogen) atoms. The van der Waals surface area contributed by atoms with Crippen molar-refractivity contribution in [3.05, 3.63) is 77.3 Å². The molecule has 4 aromatic rings. The molecule has 0 radical (unpaired) electrons. The molecule has 4 rings (SSSR count). The molecule has 2 aromatic carbocycles. The number of hydrogen-bond acceptors (Lipinski definition) is 7. The molecule has 0 spiro atoms. The van der Waals surface area contributed by atoms with E-state index in [9.17, 15) is 27.2 Å². The number of nitrogens with one attached hydrogen (secondary N) is 3. The summed E-state index contributed by atoms with van der Waals surface area (Å²) >= 11 is 0.336. The molecule has 2 aromatic heterocycles. The van der Waals surface area contributed by atoms with Crippen molar-refractivity contribution in [3.63, 3.8) is 0 Å². The summed E-state index contributed by atoms with van der Waals surface area (Å²) < 4.78 is 63.1. The summed E-state index contributed by atoms with van der Waals surface area (Å²) in [6.07, 6.45) is -3.38. The Morgan fingerprint density at radius 3 is 2.30 bits per heavy atom. The molecule has 0 aliphatic rings. The molecule has 190 valence electrons. The van der Waals surface area contributed by atoms with E-state index in [1.165, 1.54) is 37.5 Å². The van der Waals surface area contributed by atoms with E-state index in [-0.39, 0.29) is 17.3 Å². The van der Waals surface area contributed by atoms with E-state index in [1.54, 1.807) is 18.2 Å². The summed E-state index contributed by atoms with van der Waals surface area (Å²) in [5, 5.41) is 6.32. The third-order valence-electron chi connectivity index (χ3n) is 4.76. The summed E-state index contributed by atoms with van der Waals surface area (Å²) in [4.78, 5) is 31.4. The Hall–Kier alpha value is -4.59. The predicted molar refractivity (Wildman–Crippen MR) is 127 cm³/mol. The number of alkyl halides is 3. The number of ether oxygens (including phenoxy) is 1. The van der Waals surface area contributed by atoms with Crippen molar-refractivity contribution in [2.45, 2.75) is 6.18 Å². The van der Waals surface area contributed by atoms with E-state index in [0.29, 0.717) is 34.8 Å². The lowest BCUT2D eigenvalue weighted by Crippen LogP contribution is -2.20. The van der Waals surface area contributed by atoms with Crippen LogP contribution in [-0.2, 0) is 6.18 Å². The number of hydrogen-bond donors (Lipinski definition) is 3. The van der Waals surface area contributed by atoms with Crippen LogP contribution in [0.4, 0.5) is 33.7 Å². The summed E-state index contributed by atoms with van der Waals surface area (Å²) in [6.45, 7) is 0. The van der Waals surface area contributed by atoms with E-state index in [4.69, 9.17) is 4.74 Å². The molecule has 14 heteroatoms. The van der Waals surface area contributed by atoms with Crippen molar-refractivity contribution in [1.29, 1.82) is 0 Å². The van der Waals surface area contributed by atoms with Crippen molar-refractivity contribution in [1.82, 2.24) is 19.7 Å². The maximum absolute atomic E-state index is 13.6. The Kier molecular flexibility index (Phi) is 7.29. The van der Waals surface area contributed by atoms with Gasteiger partial charge < -0.3 is 20.7 Å². The molecule has 3 N–H and O–H groups in total. The number of aromatic nitrogens is 3. The van der Waals surface area contributed by atoms with Gasteiger partial charge in [0.05, 0.1) is 5.56 Å². The van der Waals surface area contributed by atoms with Gasteiger partial charge in [0, 0.05) is 47.8 Å². The van der Waals surface area contributed by atoms with Crippen LogP contribution in [0, 0.1) is 5.26 Å². The van der Waals surface area contributed by atoms with Gasteiger partial charge in [-0.05, 0) is 48.5 Å². The number of benzene rings is 2. The summed E-state index contributed by atoms with van der Waals surface area (Å²) in [5.41, 5.74) is -1.17. The Bertz CT molecular complexity index is 1440. The third-order valence-corrected chi connectivity index (χ3v) is 5.27. The molecule has 0 saturated carbocycles. The lowest BCUT2D eigenvalue weighted by Gasteiger charge is -2.14. The van der Waals surface area contributed by atoms with Crippen LogP contribution in [0.5, 0.6) is 11.5 Å². The van der Waals surface area contributed by atoms with Gasteiger partial charge in [0.15, 0.2) is 5.82 Å². The largest absolute Gasteiger partial charge is 0.457 e. The van der Waals surface area contributed by atoms with E-state index < -0.39 is 34.4 Å². The first-order valence-corrected chi connectivity index (χ1v) is 11.1. The van der Waals surface area contributed by atoms with E-state index in [0.717, 1.165) is 6.07 Å². The van der Waals surface area contributed by atoms with Gasteiger partial charge in [-0.1, -0.05) is 0 Å². The monoisotopic (exact) mass is 532 g/mol. The van der Waals surface area contributed by atoms with Crippen molar-refractivity contribution in [2.24, 2.45) is 0 Å². The minimum absolute atomic E-state index is 0.145. The van der Waals surface area contributed by atoms with Crippen molar-refractivity contribution in [2.75, 3.05) is 17.7 Å². The fraction of sp³-hybridized carbons (Fsp3) is 0.0870. The molecular formula is C23H16F4N6O3S. The highest BCUT2D eigenvalue weighted by molar-refractivity contribution is 7.03. The first kappa shape index (κ1) is 25.5. The number of anilines is 2. The fourth-order valence-corrected chi connectivity index (χ4v) is 3.56. The minimum atomic E-state index is -4.79. The average Bonchev–Trinajstić information content (AvgIpc) is 3.30. The summed E-state index contributed by atoms with van der Waals surface area (Å²) in [5.74, 6) is -0.00415. The first-order chi connectivity index (χ1) is 17.6. The molecule has 0 fully saturated rings. The molecule has 0 aliphatic carbocycles. The molecule has 9 nitrogen and oxygen atoms in total.